The molecule has 2 N–H and O–H groups in total. The summed E-state index contributed by atoms with van der Waals surface area (Å²) >= 11 is 7.37. The predicted molar refractivity (Wildman–Crippen MR) is 84.6 cm³/mol. The minimum atomic E-state index is -0.430. The van der Waals surface area contributed by atoms with Gasteiger partial charge in [-0.15, -0.1) is 11.3 Å². The molecular formula is C14H20ClN3O2S. The summed E-state index contributed by atoms with van der Waals surface area (Å²) in [6.07, 6.45) is 2.60. The standard InChI is InChI=1S/C14H20ClN3O2S/c1-2-18(9-10-6-7-12(15)21-10)14(20)17-11-5-3-4-8-16-13(11)19/h6-7,11H,2-5,8-9H2,1H3,(H,16,19)(H,17,20)/t11-/m0/s1. The van der Waals surface area contributed by atoms with Gasteiger partial charge < -0.3 is 15.5 Å². The number of carbonyl (C=O) groups excluding carboxylic acids is 2. The summed E-state index contributed by atoms with van der Waals surface area (Å²) in [6.45, 7) is 3.70. The lowest BCUT2D eigenvalue weighted by Gasteiger charge is -2.24. The van der Waals surface area contributed by atoms with E-state index < -0.39 is 6.04 Å². The van der Waals surface area contributed by atoms with E-state index in [4.69, 9.17) is 11.6 Å². The number of nitrogens with one attached hydrogen (secondary N) is 2. The van der Waals surface area contributed by atoms with E-state index >= 15 is 0 Å². The Morgan fingerprint density at radius 1 is 1.52 bits per heavy atom. The molecule has 0 aromatic carbocycles. The third kappa shape index (κ3) is 4.61. The third-order valence-electron chi connectivity index (χ3n) is 3.48. The van der Waals surface area contributed by atoms with Crippen LogP contribution in [0.15, 0.2) is 12.1 Å². The van der Waals surface area contributed by atoms with Crippen LogP contribution in [0.4, 0.5) is 4.79 Å². The Hall–Kier alpha value is -1.27. The van der Waals surface area contributed by atoms with Crippen molar-refractivity contribution in [3.05, 3.63) is 21.3 Å². The van der Waals surface area contributed by atoms with Crippen LogP contribution >= 0.6 is 22.9 Å². The summed E-state index contributed by atoms with van der Waals surface area (Å²) in [7, 11) is 0. The lowest BCUT2D eigenvalue weighted by molar-refractivity contribution is -0.122. The Balaban J connectivity index is 1.94. The molecule has 21 heavy (non-hydrogen) atoms. The molecule has 0 radical (unpaired) electrons. The fraction of sp³-hybridized carbons (Fsp3) is 0.571. The average molecular weight is 330 g/mol. The van der Waals surface area contributed by atoms with Crippen molar-refractivity contribution in [1.29, 1.82) is 0 Å². The van der Waals surface area contributed by atoms with Crippen molar-refractivity contribution in [1.82, 2.24) is 15.5 Å². The van der Waals surface area contributed by atoms with Crippen molar-refractivity contribution >= 4 is 34.9 Å². The van der Waals surface area contributed by atoms with E-state index in [9.17, 15) is 9.59 Å². The fourth-order valence-corrected chi connectivity index (χ4v) is 3.37. The van der Waals surface area contributed by atoms with Crippen LogP contribution < -0.4 is 10.6 Å². The summed E-state index contributed by atoms with van der Waals surface area (Å²) in [5.74, 6) is -0.0870. The molecule has 1 aliphatic rings. The first-order valence-electron chi connectivity index (χ1n) is 7.17. The second-order valence-corrected chi connectivity index (χ2v) is 6.81. The number of hydrogen-bond donors (Lipinski definition) is 2. The monoisotopic (exact) mass is 329 g/mol. The minimum absolute atomic E-state index is 0.0870. The molecule has 1 atom stereocenters. The van der Waals surface area contributed by atoms with Crippen LogP contribution in [-0.4, -0.2) is 36.0 Å². The van der Waals surface area contributed by atoms with Crippen LogP contribution in [0.3, 0.4) is 0 Å². The molecule has 1 aromatic heterocycles. The zero-order chi connectivity index (χ0) is 15.2. The molecule has 1 fully saturated rings. The van der Waals surface area contributed by atoms with Crippen molar-refractivity contribution < 1.29 is 9.59 Å². The van der Waals surface area contributed by atoms with E-state index in [2.05, 4.69) is 10.6 Å². The molecule has 1 aromatic rings. The number of hydrogen-bond acceptors (Lipinski definition) is 3. The van der Waals surface area contributed by atoms with E-state index in [1.54, 1.807) is 4.90 Å². The highest BCUT2D eigenvalue weighted by Crippen LogP contribution is 2.22. The van der Waals surface area contributed by atoms with Crippen LogP contribution in [0.2, 0.25) is 4.34 Å². The summed E-state index contributed by atoms with van der Waals surface area (Å²) < 4.78 is 0.713. The third-order valence-corrected chi connectivity index (χ3v) is 4.69. The minimum Gasteiger partial charge on any atom is -0.354 e. The number of carbonyl (C=O) groups is 2. The predicted octanol–water partition coefficient (Wildman–Crippen LogP) is 2.60. The summed E-state index contributed by atoms with van der Waals surface area (Å²) in [6, 6.07) is 3.11. The second kappa shape index (κ2) is 7.66. The zero-order valence-electron chi connectivity index (χ0n) is 12.0. The highest BCUT2D eigenvalue weighted by molar-refractivity contribution is 7.16. The normalized spacial score (nSPS) is 18.8. The first-order chi connectivity index (χ1) is 10.1. The lowest BCUT2D eigenvalue weighted by Crippen LogP contribution is -2.50. The van der Waals surface area contributed by atoms with Gasteiger partial charge in [-0.1, -0.05) is 11.6 Å². The van der Waals surface area contributed by atoms with Gasteiger partial charge in [0.25, 0.3) is 0 Å². The molecule has 0 saturated carbocycles. The Bertz CT molecular complexity index is 506. The molecule has 1 aliphatic heterocycles. The summed E-state index contributed by atoms with van der Waals surface area (Å²) in [4.78, 5) is 26.9. The fourth-order valence-electron chi connectivity index (χ4n) is 2.27. The van der Waals surface area contributed by atoms with Crippen molar-refractivity contribution in [2.75, 3.05) is 13.1 Å². The Morgan fingerprint density at radius 2 is 2.33 bits per heavy atom. The number of nitrogens with zero attached hydrogens (tertiary/aromatic N) is 1. The summed E-state index contributed by atoms with van der Waals surface area (Å²) in [5.41, 5.74) is 0. The molecule has 5 nitrogen and oxygen atoms in total. The smallest absolute Gasteiger partial charge is 0.318 e. The van der Waals surface area contributed by atoms with Crippen LogP contribution in [0.25, 0.3) is 0 Å². The lowest BCUT2D eigenvalue weighted by atomic mass is 10.1. The maximum Gasteiger partial charge on any atom is 0.318 e. The van der Waals surface area contributed by atoms with Gasteiger partial charge in [0.1, 0.15) is 6.04 Å². The molecule has 2 heterocycles. The number of rotatable bonds is 4. The highest BCUT2D eigenvalue weighted by Gasteiger charge is 2.24. The van der Waals surface area contributed by atoms with Gasteiger partial charge in [0.15, 0.2) is 0 Å². The van der Waals surface area contributed by atoms with Crippen LogP contribution in [0.1, 0.15) is 31.1 Å². The van der Waals surface area contributed by atoms with E-state index in [1.807, 2.05) is 19.1 Å². The van der Waals surface area contributed by atoms with Crippen molar-refractivity contribution in [2.24, 2.45) is 0 Å². The second-order valence-electron chi connectivity index (χ2n) is 5.01. The van der Waals surface area contributed by atoms with Gasteiger partial charge in [-0.05, 0) is 38.3 Å². The Kier molecular flexibility index (Phi) is 5.87. The average Bonchev–Trinajstić information content (AvgIpc) is 2.77. The SMILES string of the molecule is CCN(Cc1ccc(Cl)s1)C(=O)N[C@H]1CCCCNC1=O. The molecule has 3 amide bonds. The number of urea groups is 1. The Morgan fingerprint density at radius 3 is 3.00 bits per heavy atom. The van der Waals surface area contributed by atoms with E-state index in [0.717, 1.165) is 17.7 Å². The van der Waals surface area contributed by atoms with E-state index in [0.29, 0.717) is 30.4 Å². The first kappa shape index (κ1) is 16.1. The van der Waals surface area contributed by atoms with Crippen LogP contribution in [-0.2, 0) is 11.3 Å². The highest BCUT2D eigenvalue weighted by atomic mass is 35.5. The van der Waals surface area contributed by atoms with Gasteiger partial charge in [0, 0.05) is 18.0 Å². The topological polar surface area (TPSA) is 61.4 Å². The molecule has 116 valence electrons. The van der Waals surface area contributed by atoms with Crippen molar-refractivity contribution in [2.45, 2.75) is 38.8 Å². The van der Waals surface area contributed by atoms with Crippen LogP contribution in [0.5, 0.6) is 0 Å². The molecular weight excluding hydrogens is 310 g/mol. The van der Waals surface area contributed by atoms with Gasteiger partial charge in [-0.3, -0.25) is 4.79 Å². The number of halogens is 1. The summed E-state index contributed by atoms with van der Waals surface area (Å²) in [5, 5.41) is 5.66. The maximum atomic E-state index is 12.3. The Labute approximate surface area is 133 Å². The van der Waals surface area contributed by atoms with Gasteiger partial charge >= 0.3 is 6.03 Å². The molecule has 2 rings (SSSR count). The number of thiophene rings is 1. The van der Waals surface area contributed by atoms with Gasteiger partial charge in [0.2, 0.25) is 5.91 Å². The molecule has 0 aliphatic carbocycles. The zero-order valence-corrected chi connectivity index (χ0v) is 13.6. The van der Waals surface area contributed by atoms with Gasteiger partial charge in [-0.25, -0.2) is 4.79 Å². The molecule has 0 bridgehead atoms. The molecule has 1 saturated heterocycles. The van der Waals surface area contributed by atoms with E-state index in [-0.39, 0.29) is 11.9 Å². The van der Waals surface area contributed by atoms with Crippen LogP contribution in [0, 0.1) is 0 Å². The van der Waals surface area contributed by atoms with Gasteiger partial charge in [0.05, 0.1) is 10.9 Å². The molecule has 0 unspecified atom stereocenters. The van der Waals surface area contributed by atoms with Crippen molar-refractivity contribution in [3.63, 3.8) is 0 Å². The van der Waals surface area contributed by atoms with E-state index in [1.165, 1.54) is 11.3 Å². The first-order valence-corrected chi connectivity index (χ1v) is 8.37. The molecule has 0 spiro atoms. The quantitative estimate of drug-likeness (QED) is 0.892. The number of amides is 3. The molecule has 7 heteroatoms. The van der Waals surface area contributed by atoms with Crippen molar-refractivity contribution in [3.8, 4) is 0 Å². The maximum absolute atomic E-state index is 12.3. The van der Waals surface area contributed by atoms with Gasteiger partial charge in [-0.2, -0.15) is 0 Å². The largest absolute Gasteiger partial charge is 0.354 e.